The summed E-state index contributed by atoms with van der Waals surface area (Å²) < 4.78 is 0. The van der Waals surface area contributed by atoms with Crippen LogP contribution in [0.25, 0.3) is 0 Å². The fourth-order valence-corrected chi connectivity index (χ4v) is 2.31. The molecular formula is C12H12ClN3OS. The van der Waals surface area contributed by atoms with Crippen LogP contribution in [0.15, 0.2) is 24.5 Å². The topological polar surface area (TPSA) is 54.9 Å². The molecule has 0 radical (unpaired) electrons. The summed E-state index contributed by atoms with van der Waals surface area (Å²) in [6.07, 6.45) is 3.25. The lowest BCUT2D eigenvalue weighted by Gasteiger charge is -2.10. The fourth-order valence-electron chi connectivity index (χ4n) is 1.42. The minimum atomic E-state index is -0.181. The van der Waals surface area contributed by atoms with Gasteiger partial charge in [0.05, 0.1) is 11.6 Å². The predicted molar refractivity (Wildman–Crippen MR) is 72.0 cm³/mol. The number of amides is 1. The zero-order chi connectivity index (χ0) is 13.1. The average molecular weight is 282 g/mol. The van der Waals surface area contributed by atoms with Gasteiger partial charge in [-0.25, -0.2) is 9.97 Å². The number of hydrogen-bond acceptors (Lipinski definition) is 4. The number of aryl methyl sites for hydroxylation is 1. The van der Waals surface area contributed by atoms with Gasteiger partial charge in [0.2, 0.25) is 0 Å². The number of halogens is 1. The van der Waals surface area contributed by atoms with E-state index >= 15 is 0 Å². The van der Waals surface area contributed by atoms with Gasteiger partial charge in [-0.15, -0.1) is 11.3 Å². The second-order valence-corrected chi connectivity index (χ2v) is 5.53. The molecule has 0 aromatic carbocycles. The molecule has 2 aromatic heterocycles. The summed E-state index contributed by atoms with van der Waals surface area (Å²) in [6, 6.07) is 3.12. The number of carbonyl (C=O) groups is 1. The zero-order valence-corrected chi connectivity index (χ0v) is 11.5. The van der Waals surface area contributed by atoms with Crippen LogP contribution in [0.3, 0.4) is 0 Å². The maximum atomic E-state index is 11.9. The maximum Gasteiger partial charge on any atom is 0.253 e. The van der Waals surface area contributed by atoms with Gasteiger partial charge in [-0.05, 0) is 26.0 Å². The fraction of sp³-hybridized carbons (Fsp3) is 0.250. The van der Waals surface area contributed by atoms with E-state index in [9.17, 15) is 4.79 Å². The minimum Gasteiger partial charge on any atom is -0.343 e. The van der Waals surface area contributed by atoms with Gasteiger partial charge in [0.25, 0.3) is 5.91 Å². The average Bonchev–Trinajstić information content (AvgIpc) is 2.76. The first-order valence-corrected chi connectivity index (χ1v) is 6.60. The summed E-state index contributed by atoms with van der Waals surface area (Å²) in [5, 5.41) is 4.13. The Morgan fingerprint density at radius 1 is 1.39 bits per heavy atom. The lowest BCUT2D eigenvalue weighted by molar-refractivity contribution is 0.0939. The molecule has 1 atom stereocenters. The van der Waals surface area contributed by atoms with E-state index in [0.29, 0.717) is 10.7 Å². The van der Waals surface area contributed by atoms with E-state index < -0.39 is 0 Å². The molecule has 0 aliphatic heterocycles. The monoisotopic (exact) mass is 281 g/mol. The van der Waals surface area contributed by atoms with Crippen LogP contribution in [-0.2, 0) is 0 Å². The van der Waals surface area contributed by atoms with Crippen LogP contribution in [0.4, 0.5) is 0 Å². The Hall–Kier alpha value is -1.46. The molecule has 1 unspecified atom stereocenters. The third kappa shape index (κ3) is 3.05. The molecule has 2 aromatic rings. The van der Waals surface area contributed by atoms with Crippen molar-refractivity contribution < 1.29 is 4.79 Å². The van der Waals surface area contributed by atoms with Gasteiger partial charge >= 0.3 is 0 Å². The molecule has 94 valence electrons. The molecule has 0 aliphatic carbocycles. The van der Waals surface area contributed by atoms with Gasteiger partial charge in [0, 0.05) is 17.3 Å². The molecule has 0 saturated carbocycles. The molecule has 0 fully saturated rings. The van der Waals surface area contributed by atoms with Crippen molar-refractivity contribution in [2.45, 2.75) is 19.9 Å². The van der Waals surface area contributed by atoms with Crippen LogP contribution >= 0.6 is 22.9 Å². The normalized spacial score (nSPS) is 12.2. The number of aromatic nitrogens is 2. The highest BCUT2D eigenvalue weighted by Crippen LogP contribution is 2.19. The lowest BCUT2D eigenvalue weighted by Crippen LogP contribution is -2.26. The maximum absolute atomic E-state index is 11.9. The van der Waals surface area contributed by atoms with E-state index in [-0.39, 0.29) is 11.9 Å². The number of carbonyl (C=O) groups excluding carboxylic acids is 1. The van der Waals surface area contributed by atoms with E-state index in [1.165, 1.54) is 6.20 Å². The molecule has 18 heavy (non-hydrogen) atoms. The summed E-state index contributed by atoms with van der Waals surface area (Å²) in [7, 11) is 0. The van der Waals surface area contributed by atoms with Gasteiger partial charge in [0.1, 0.15) is 10.2 Å². The van der Waals surface area contributed by atoms with Gasteiger partial charge in [-0.2, -0.15) is 0 Å². The summed E-state index contributed by atoms with van der Waals surface area (Å²) >= 11 is 7.24. The molecule has 0 bridgehead atoms. The largest absolute Gasteiger partial charge is 0.343 e. The molecule has 1 amide bonds. The smallest absolute Gasteiger partial charge is 0.253 e. The van der Waals surface area contributed by atoms with Crippen molar-refractivity contribution >= 4 is 28.8 Å². The van der Waals surface area contributed by atoms with Crippen LogP contribution in [0, 0.1) is 6.92 Å². The van der Waals surface area contributed by atoms with Crippen LogP contribution < -0.4 is 5.32 Å². The number of thiazole rings is 1. The third-order valence-corrected chi connectivity index (χ3v) is 3.67. The van der Waals surface area contributed by atoms with Crippen molar-refractivity contribution in [2.75, 3.05) is 0 Å². The van der Waals surface area contributed by atoms with Crippen LogP contribution in [0.2, 0.25) is 5.15 Å². The molecule has 2 rings (SSSR count). The minimum absolute atomic E-state index is 0.119. The zero-order valence-electron chi connectivity index (χ0n) is 9.98. The Bertz CT molecular complexity index is 553. The van der Waals surface area contributed by atoms with Crippen molar-refractivity contribution in [1.29, 1.82) is 0 Å². The molecule has 0 saturated heterocycles. The van der Waals surface area contributed by atoms with Crippen molar-refractivity contribution in [3.05, 3.63) is 45.1 Å². The molecule has 1 N–H and O–H groups in total. The number of rotatable bonds is 3. The van der Waals surface area contributed by atoms with Crippen molar-refractivity contribution in [1.82, 2.24) is 15.3 Å². The van der Waals surface area contributed by atoms with Gasteiger partial charge in [-0.1, -0.05) is 11.6 Å². The Kier molecular flexibility index (Phi) is 3.93. The third-order valence-electron chi connectivity index (χ3n) is 2.35. The summed E-state index contributed by atoms with van der Waals surface area (Å²) in [5.41, 5.74) is 0.486. The van der Waals surface area contributed by atoms with E-state index in [4.69, 9.17) is 11.6 Å². The quantitative estimate of drug-likeness (QED) is 0.880. The lowest BCUT2D eigenvalue weighted by atomic mass is 10.2. The molecule has 4 nitrogen and oxygen atoms in total. The van der Waals surface area contributed by atoms with E-state index in [2.05, 4.69) is 15.3 Å². The number of hydrogen-bond donors (Lipinski definition) is 1. The van der Waals surface area contributed by atoms with Crippen LogP contribution in [0.1, 0.15) is 33.2 Å². The van der Waals surface area contributed by atoms with Gasteiger partial charge < -0.3 is 5.32 Å². The first kappa shape index (κ1) is 13.0. The summed E-state index contributed by atoms with van der Waals surface area (Å²) in [4.78, 5) is 21.2. The standard InChI is InChI=1S/C12H12ClN3OS/c1-7-5-15-12(18-7)8(2)16-11(17)9-3-4-10(13)14-6-9/h3-6,8H,1-2H3,(H,16,17). The van der Waals surface area contributed by atoms with Gasteiger partial charge in [0.15, 0.2) is 0 Å². The van der Waals surface area contributed by atoms with Crippen molar-refractivity contribution in [2.24, 2.45) is 0 Å². The second-order valence-electron chi connectivity index (χ2n) is 3.87. The van der Waals surface area contributed by atoms with Crippen molar-refractivity contribution in [3.63, 3.8) is 0 Å². The molecular weight excluding hydrogens is 270 g/mol. The van der Waals surface area contributed by atoms with E-state index in [0.717, 1.165) is 9.88 Å². The first-order chi connectivity index (χ1) is 8.56. The summed E-state index contributed by atoms with van der Waals surface area (Å²) in [5.74, 6) is -0.181. The highest BCUT2D eigenvalue weighted by Gasteiger charge is 2.14. The predicted octanol–water partition coefficient (Wildman–Crippen LogP) is 2.99. The Morgan fingerprint density at radius 3 is 2.72 bits per heavy atom. The van der Waals surface area contributed by atoms with Crippen molar-refractivity contribution in [3.8, 4) is 0 Å². The SMILES string of the molecule is Cc1cnc(C(C)NC(=O)c2ccc(Cl)nc2)s1. The first-order valence-electron chi connectivity index (χ1n) is 5.41. The Labute approximate surface area is 114 Å². The molecule has 6 heteroatoms. The van der Waals surface area contributed by atoms with Crippen LogP contribution in [0.5, 0.6) is 0 Å². The molecule has 0 aliphatic rings. The molecule has 2 heterocycles. The number of nitrogens with one attached hydrogen (secondary N) is 1. The second kappa shape index (κ2) is 5.46. The van der Waals surface area contributed by atoms with Crippen LogP contribution in [-0.4, -0.2) is 15.9 Å². The number of nitrogens with zero attached hydrogens (tertiary/aromatic N) is 2. The van der Waals surface area contributed by atoms with E-state index in [1.807, 2.05) is 13.8 Å². The highest BCUT2D eigenvalue weighted by atomic mass is 35.5. The number of pyridine rings is 1. The molecule has 0 spiro atoms. The van der Waals surface area contributed by atoms with E-state index in [1.54, 1.807) is 29.7 Å². The highest BCUT2D eigenvalue weighted by molar-refractivity contribution is 7.11. The Balaban J connectivity index is 2.05. The van der Waals surface area contributed by atoms with Gasteiger partial charge in [-0.3, -0.25) is 4.79 Å². The Morgan fingerprint density at radius 2 is 2.17 bits per heavy atom. The summed E-state index contributed by atoms with van der Waals surface area (Å²) in [6.45, 7) is 3.89.